The van der Waals surface area contributed by atoms with Crippen LogP contribution in [0.2, 0.25) is 0 Å². The summed E-state index contributed by atoms with van der Waals surface area (Å²) < 4.78 is 0. The third kappa shape index (κ3) is 6.19. The average Bonchev–Trinajstić information content (AvgIpc) is 2.43. The lowest BCUT2D eigenvalue weighted by Crippen LogP contribution is -2.40. The molecule has 0 aromatic heterocycles. The molecule has 7 nitrogen and oxygen atoms in total. The van der Waals surface area contributed by atoms with Gasteiger partial charge in [-0.25, -0.2) is 9.59 Å². The van der Waals surface area contributed by atoms with Crippen molar-refractivity contribution in [1.82, 2.24) is 5.32 Å². The number of benzene rings is 1. The van der Waals surface area contributed by atoms with E-state index in [0.29, 0.717) is 23.5 Å². The zero-order valence-corrected chi connectivity index (χ0v) is 12.0. The van der Waals surface area contributed by atoms with Crippen LogP contribution in [-0.4, -0.2) is 39.9 Å². The Hall–Kier alpha value is -2.19. The van der Waals surface area contributed by atoms with Gasteiger partial charge in [0, 0.05) is 5.69 Å². The molecule has 0 bridgehead atoms. The number of aliphatic hydroxyl groups excluding tert-OH is 1. The third-order valence-electron chi connectivity index (χ3n) is 2.66. The Balaban J connectivity index is 2.57. The second-order valence-corrected chi connectivity index (χ2v) is 4.89. The Labute approximate surface area is 127 Å². The lowest BCUT2D eigenvalue weighted by molar-refractivity contribution is 0.0697. The predicted octanol–water partition coefficient (Wildman–Crippen LogP) is 0.934. The standard InChI is InChI=1S/C13H17N3O4S/c14-11(21)5-4-10(7-17)16-13(20)15-9-3-1-2-8(6-9)12(18)19/h1-3,6,10,17H,4-5,7H2,(H2,14,21)(H,18,19)(H2,15,16,20). The van der Waals surface area contributed by atoms with Crippen LogP contribution in [0.4, 0.5) is 10.5 Å². The number of nitrogens with one attached hydrogen (secondary N) is 2. The van der Waals surface area contributed by atoms with Crippen LogP contribution >= 0.6 is 12.2 Å². The topological polar surface area (TPSA) is 125 Å². The highest BCUT2D eigenvalue weighted by molar-refractivity contribution is 7.80. The number of hydrogen-bond acceptors (Lipinski definition) is 4. The Bertz CT molecular complexity index is 536. The number of carboxylic acid groups (broad SMARTS) is 1. The Morgan fingerprint density at radius 1 is 1.38 bits per heavy atom. The molecule has 1 aromatic rings. The first-order chi connectivity index (χ1) is 9.92. The minimum absolute atomic E-state index is 0.0694. The highest BCUT2D eigenvalue weighted by Crippen LogP contribution is 2.10. The molecule has 1 unspecified atom stereocenters. The SMILES string of the molecule is NC(=S)CCC(CO)NC(=O)Nc1cccc(C(=O)O)c1. The van der Waals surface area contributed by atoms with Crippen LogP contribution in [-0.2, 0) is 0 Å². The van der Waals surface area contributed by atoms with E-state index < -0.39 is 18.0 Å². The van der Waals surface area contributed by atoms with Crippen molar-refractivity contribution in [1.29, 1.82) is 0 Å². The second-order valence-electron chi connectivity index (χ2n) is 4.37. The fourth-order valence-corrected chi connectivity index (χ4v) is 1.73. The van der Waals surface area contributed by atoms with Crippen LogP contribution in [0.25, 0.3) is 0 Å². The summed E-state index contributed by atoms with van der Waals surface area (Å²) in [5.41, 5.74) is 5.78. The highest BCUT2D eigenvalue weighted by atomic mass is 32.1. The molecular formula is C13H17N3O4S. The molecule has 0 spiro atoms. The first-order valence-electron chi connectivity index (χ1n) is 6.22. The molecule has 2 amide bonds. The molecule has 114 valence electrons. The molecule has 1 atom stereocenters. The molecule has 21 heavy (non-hydrogen) atoms. The summed E-state index contributed by atoms with van der Waals surface area (Å²) in [6.45, 7) is -0.245. The molecular weight excluding hydrogens is 294 g/mol. The van der Waals surface area contributed by atoms with Gasteiger partial charge in [0.1, 0.15) is 0 Å². The molecule has 1 aromatic carbocycles. The van der Waals surface area contributed by atoms with E-state index in [1.165, 1.54) is 18.2 Å². The van der Waals surface area contributed by atoms with Gasteiger partial charge in [0.05, 0.1) is 23.2 Å². The lowest BCUT2D eigenvalue weighted by atomic mass is 10.1. The number of nitrogens with two attached hydrogens (primary N) is 1. The molecule has 6 N–H and O–H groups in total. The van der Waals surface area contributed by atoms with Crippen molar-refractivity contribution in [2.75, 3.05) is 11.9 Å². The zero-order valence-electron chi connectivity index (χ0n) is 11.2. The molecule has 0 aliphatic heterocycles. The molecule has 0 aliphatic carbocycles. The quantitative estimate of drug-likeness (QED) is 0.477. The maximum atomic E-state index is 11.8. The average molecular weight is 311 g/mol. The summed E-state index contributed by atoms with van der Waals surface area (Å²) in [6.07, 6.45) is 0.837. The minimum Gasteiger partial charge on any atom is -0.478 e. The molecule has 0 radical (unpaired) electrons. The Morgan fingerprint density at radius 3 is 2.67 bits per heavy atom. The lowest BCUT2D eigenvalue weighted by Gasteiger charge is -2.16. The van der Waals surface area contributed by atoms with Crippen molar-refractivity contribution in [2.45, 2.75) is 18.9 Å². The van der Waals surface area contributed by atoms with Gasteiger partial charge in [-0.3, -0.25) is 0 Å². The largest absolute Gasteiger partial charge is 0.478 e. The van der Waals surface area contributed by atoms with Crippen LogP contribution < -0.4 is 16.4 Å². The number of aliphatic hydroxyl groups is 1. The van der Waals surface area contributed by atoms with Gasteiger partial charge in [-0.1, -0.05) is 18.3 Å². The highest BCUT2D eigenvalue weighted by Gasteiger charge is 2.12. The van der Waals surface area contributed by atoms with Gasteiger partial charge in [-0.15, -0.1) is 0 Å². The van der Waals surface area contributed by atoms with Gasteiger partial charge in [0.2, 0.25) is 0 Å². The van der Waals surface area contributed by atoms with Crippen molar-refractivity contribution in [3.8, 4) is 0 Å². The molecule has 0 heterocycles. The number of thiocarbonyl (C=S) groups is 1. The van der Waals surface area contributed by atoms with E-state index in [1.54, 1.807) is 6.07 Å². The van der Waals surface area contributed by atoms with Crippen molar-refractivity contribution in [2.24, 2.45) is 5.73 Å². The summed E-state index contributed by atoms with van der Waals surface area (Å²) >= 11 is 4.73. The van der Waals surface area contributed by atoms with Gasteiger partial charge >= 0.3 is 12.0 Å². The smallest absolute Gasteiger partial charge is 0.335 e. The van der Waals surface area contributed by atoms with Gasteiger partial charge in [0.25, 0.3) is 0 Å². The predicted molar refractivity (Wildman–Crippen MR) is 82.4 cm³/mol. The monoisotopic (exact) mass is 311 g/mol. The maximum Gasteiger partial charge on any atom is 0.335 e. The Morgan fingerprint density at radius 2 is 2.10 bits per heavy atom. The van der Waals surface area contributed by atoms with E-state index in [1.807, 2.05) is 0 Å². The number of urea groups is 1. The molecule has 1 rings (SSSR count). The minimum atomic E-state index is -1.08. The summed E-state index contributed by atoms with van der Waals surface area (Å²) in [6, 6.07) is 4.83. The zero-order chi connectivity index (χ0) is 15.8. The fraction of sp³-hybridized carbons (Fsp3) is 0.308. The summed E-state index contributed by atoms with van der Waals surface area (Å²) in [7, 11) is 0. The van der Waals surface area contributed by atoms with Gasteiger partial charge in [-0.2, -0.15) is 0 Å². The van der Waals surface area contributed by atoms with E-state index in [2.05, 4.69) is 10.6 Å². The first kappa shape index (κ1) is 16.9. The second kappa shape index (κ2) is 8.18. The van der Waals surface area contributed by atoms with E-state index in [9.17, 15) is 9.59 Å². The van der Waals surface area contributed by atoms with Crippen LogP contribution in [0.1, 0.15) is 23.2 Å². The van der Waals surface area contributed by atoms with E-state index in [-0.39, 0.29) is 12.2 Å². The number of carbonyl (C=O) groups excluding carboxylic acids is 1. The van der Waals surface area contributed by atoms with Gasteiger partial charge in [-0.05, 0) is 31.0 Å². The number of anilines is 1. The van der Waals surface area contributed by atoms with Gasteiger partial charge in [0.15, 0.2) is 0 Å². The Kier molecular flexibility index (Phi) is 6.57. The summed E-state index contributed by atoms with van der Waals surface area (Å²) in [5, 5.41) is 23.1. The van der Waals surface area contributed by atoms with Crippen LogP contribution in [0, 0.1) is 0 Å². The molecule has 8 heteroatoms. The number of rotatable bonds is 7. The molecule has 0 saturated carbocycles. The normalized spacial score (nSPS) is 11.5. The van der Waals surface area contributed by atoms with Gasteiger partial charge < -0.3 is 26.6 Å². The number of carboxylic acids is 1. The van der Waals surface area contributed by atoms with Crippen molar-refractivity contribution in [3.05, 3.63) is 29.8 Å². The molecule has 0 saturated heterocycles. The number of carbonyl (C=O) groups is 2. The van der Waals surface area contributed by atoms with Crippen LogP contribution in [0.5, 0.6) is 0 Å². The van der Waals surface area contributed by atoms with E-state index >= 15 is 0 Å². The van der Waals surface area contributed by atoms with Crippen molar-refractivity contribution >= 4 is 34.9 Å². The number of amides is 2. The fourth-order valence-electron chi connectivity index (χ4n) is 1.61. The van der Waals surface area contributed by atoms with E-state index in [4.69, 9.17) is 28.2 Å². The van der Waals surface area contributed by atoms with Crippen LogP contribution in [0.3, 0.4) is 0 Å². The summed E-state index contributed by atoms with van der Waals surface area (Å²) in [5.74, 6) is -1.08. The van der Waals surface area contributed by atoms with E-state index in [0.717, 1.165) is 0 Å². The summed E-state index contributed by atoms with van der Waals surface area (Å²) in [4.78, 5) is 22.9. The van der Waals surface area contributed by atoms with Crippen molar-refractivity contribution < 1.29 is 19.8 Å². The molecule has 0 fully saturated rings. The number of hydrogen-bond donors (Lipinski definition) is 5. The molecule has 0 aliphatic rings. The van der Waals surface area contributed by atoms with Crippen molar-refractivity contribution in [3.63, 3.8) is 0 Å². The maximum absolute atomic E-state index is 11.8. The first-order valence-corrected chi connectivity index (χ1v) is 6.63. The third-order valence-corrected chi connectivity index (χ3v) is 2.87. The van der Waals surface area contributed by atoms with Crippen LogP contribution in [0.15, 0.2) is 24.3 Å². The number of aromatic carboxylic acids is 1.